The lowest BCUT2D eigenvalue weighted by Crippen LogP contribution is -2.44. The topological polar surface area (TPSA) is 30.5 Å². The quantitative estimate of drug-likeness (QED) is 0.663. The normalized spacial score (nSPS) is 20.8. The molecule has 4 heteroatoms. The average molecular weight is 438 g/mol. The van der Waals surface area contributed by atoms with Crippen LogP contribution in [0.25, 0.3) is 11.3 Å². The standard InChI is InChI=1S/C28H36FNO2/c1-6-9-27(32-26-13-10-21(8-3)16-20(26)5)24-17-22(11-12-23(24)19(4)7-2)31-28-14-15-30-18-25(28)29/h6,9-13,16-17,25,28,30H,7-8,14-15,18H2,1-5H3/b9-6-,23-19+,27-24+. The molecule has 0 radical (unpaired) electrons. The van der Waals surface area contributed by atoms with Crippen molar-refractivity contribution in [1.29, 1.82) is 0 Å². The van der Waals surface area contributed by atoms with E-state index in [1.807, 2.05) is 37.3 Å². The van der Waals surface area contributed by atoms with Gasteiger partial charge in [0.25, 0.3) is 0 Å². The molecule has 2 aromatic rings. The predicted molar refractivity (Wildman–Crippen MR) is 131 cm³/mol. The van der Waals surface area contributed by atoms with Crippen LogP contribution in [0.4, 0.5) is 4.39 Å². The first kappa shape index (κ1) is 24.1. The van der Waals surface area contributed by atoms with Crippen molar-refractivity contribution in [2.24, 2.45) is 0 Å². The number of piperidine rings is 1. The van der Waals surface area contributed by atoms with Crippen molar-refractivity contribution in [1.82, 2.24) is 5.32 Å². The van der Waals surface area contributed by atoms with Gasteiger partial charge in [0.1, 0.15) is 29.5 Å². The molecule has 0 amide bonds. The molecule has 1 heterocycles. The number of rotatable bonds is 7. The summed E-state index contributed by atoms with van der Waals surface area (Å²) in [5, 5.41) is 5.16. The van der Waals surface area contributed by atoms with E-state index in [0.29, 0.717) is 18.7 Å². The lowest BCUT2D eigenvalue weighted by atomic mass is 10.1. The molecular formula is C28H36FNO2. The second-order valence-electron chi connectivity index (χ2n) is 8.43. The minimum Gasteiger partial charge on any atom is -0.487 e. The van der Waals surface area contributed by atoms with E-state index in [1.54, 1.807) is 0 Å². The highest BCUT2D eigenvalue weighted by Gasteiger charge is 2.26. The maximum Gasteiger partial charge on any atom is 0.149 e. The molecule has 1 saturated heterocycles. The fourth-order valence-corrected chi connectivity index (χ4v) is 3.96. The zero-order valence-electron chi connectivity index (χ0n) is 20.0. The van der Waals surface area contributed by atoms with Gasteiger partial charge >= 0.3 is 0 Å². The Kier molecular flexibility index (Phi) is 8.52. The molecule has 1 aliphatic rings. The molecule has 1 aliphatic heterocycles. The zero-order chi connectivity index (χ0) is 23.1. The highest BCUT2D eigenvalue weighted by Crippen LogP contribution is 2.23. The summed E-state index contributed by atoms with van der Waals surface area (Å²) < 4.78 is 26.9. The summed E-state index contributed by atoms with van der Waals surface area (Å²) in [5.41, 5.74) is 3.66. The lowest BCUT2D eigenvalue weighted by Gasteiger charge is -2.27. The number of allylic oxidation sites excluding steroid dienone is 1. The molecule has 1 fully saturated rings. The van der Waals surface area contributed by atoms with Gasteiger partial charge in [-0.15, -0.1) is 0 Å². The summed E-state index contributed by atoms with van der Waals surface area (Å²) in [5.74, 6) is 2.27. The van der Waals surface area contributed by atoms with E-state index in [-0.39, 0.29) is 0 Å². The van der Waals surface area contributed by atoms with Crippen molar-refractivity contribution < 1.29 is 13.9 Å². The van der Waals surface area contributed by atoms with Crippen molar-refractivity contribution >= 4 is 11.3 Å². The van der Waals surface area contributed by atoms with Crippen LogP contribution in [-0.4, -0.2) is 25.4 Å². The minimum atomic E-state index is -1.01. The Balaban J connectivity index is 2.12. The number of benzene rings is 2. The molecule has 2 aromatic carbocycles. The maximum atomic E-state index is 14.3. The average Bonchev–Trinajstić information content (AvgIpc) is 2.80. The Morgan fingerprint density at radius 2 is 1.97 bits per heavy atom. The number of halogens is 1. The molecule has 172 valence electrons. The second-order valence-corrected chi connectivity index (χ2v) is 8.43. The summed E-state index contributed by atoms with van der Waals surface area (Å²) in [6, 6.07) is 12.3. The van der Waals surface area contributed by atoms with Crippen LogP contribution >= 0.6 is 0 Å². The number of aryl methyl sites for hydroxylation is 2. The van der Waals surface area contributed by atoms with Crippen LogP contribution < -0.4 is 25.2 Å². The first-order chi connectivity index (χ1) is 15.5. The Labute approximate surface area is 191 Å². The van der Waals surface area contributed by atoms with Gasteiger partial charge in [-0.2, -0.15) is 0 Å². The largest absolute Gasteiger partial charge is 0.487 e. The van der Waals surface area contributed by atoms with Crippen molar-refractivity contribution in [3.05, 3.63) is 70.1 Å². The SMILES string of the molecule is C\C=C/C(Oc1ccc(CC)cc1C)=c1/cc(OC2CCNCC2F)cc/c1=C(/C)CC. The van der Waals surface area contributed by atoms with E-state index >= 15 is 0 Å². The molecule has 0 aliphatic carbocycles. The van der Waals surface area contributed by atoms with E-state index in [9.17, 15) is 4.39 Å². The van der Waals surface area contributed by atoms with Gasteiger partial charge in [-0.1, -0.05) is 43.7 Å². The first-order valence-electron chi connectivity index (χ1n) is 11.7. The number of hydrogen-bond acceptors (Lipinski definition) is 3. The van der Waals surface area contributed by atoms with Gasteiger partial charge in [0.05, 0.1) is 0 Å². The highest BCUT2D eigenvalue weighted by molar-refractivity contribution is 5.57. The molecule has 0 bridgehead atoms. The van der Waals surface area contributed by atoms with Crippen LogP contribution in [-0.2, 0) is 6.42 Å². The molecular weight excluding hydrogens is 401 g/mol. The van der Waals surface area contributed by atoms with Gasteiger partial charge in [-0.05, 0) is 87.2 Å². The first-order valence-corrected chi connectivity index (χ1v) is 11.7. The Morgan fingerprint density at radius 3 is 2.62 bits per heavy atom. The zero-order valence-corrected chi connectivity index (χ0v) is 20.0. The van der Waals surface area contributed by atoms with E-state index in [0.717, 1.165) is 46.9 Å². The van der Waals surface area contributed by atoms with Crippen LogP contribution in [0.15, 0.2) is 48.6 Å². The van der Waals surface area contributed by atoms with Crippen LogP contribution in [0, 0.1) is 6.92 Å². The molecule has 0 spiro atoms. The van der Waals surface area contributed by atoms with Gasteiger partial charge < -0.3 is 14.8 Å². The minimum absolute atomic E-state index is 0.338. The van der Waals surface area contributed by atoms with Gasteiger partial charge in [0.15, 0.2) is 0 Å². The van der Waals surface area contributed by atoms with Crippen LogP contribution in [0.2, 0.25) is 0 Å². The van der Waals surface area contributed by atoms with E-state index < -0.39 is 12.3 Å². The fraction of sp³-hybridized carbons (Fsp3) is 0.429. The summed E-state index contributed by atoms with van der Waals surface area (Å²) in [6.45, 7) is 11.6. The molecule has 3 nitrogen and oxygen atoms in total. The van der Waals surface area contributed by atoms with Crippen molar-refractivity contribution in [2.75, 3.05) is 13.1 Å². The highest BCUT2D eigenvalue weighted by atomic mass is 19.1. The van der Waals surface area contributed by atoms with Gasteiger partial charge in [-0.3, -0.25) is 0 Å². The third-order valence-electron chi connectivity index (χ3n) is 6.07. The van der Waals surface area contributed by atoms with Crippen molar-refractivity contribution in [2.45, 2.75) is 66.2 Å². The molecule has 2 atom stereocenters. The molecule has 1 N–H and O–H groups in total. The predicted octanol–water partition coefficient (Wildman–Crippen LogP) is 4.98. The van der Waals surface area contributed by atoms with Crippen LogP contribution in [0.1, 0.15) is 51.7 Å². The maximum absolute atomic E-state index is 14.3. The second kappa shape index (κ2) is 11.3. The van der Waals surface area contributed by atoms with E-state index in [4.69, 9.17) is 9.47 Å². The fourth-order valence-electron chi connectivity index (χ4n) is 3.96. The number of alkyl halides is 1. The summed E-state index contributed by atoms with van der Waals surface area (Å²) in [4.78, 5) is 0. The number of hydrogen-bond donors (Lipinski definition) is 1. The number of ether oxygens (including phenoxy) is 2. The third kappa shape index (κ3) is 5.80. The molecule has 0 saturated carbocycles. The van der Waals surface area contributed by atoms with Crippen LogP contribution in [0.3, 0.4) is 0 Å². The van der Waals surface area contributed by atoms with Crippen molar-refractivity contribution in [3.8, 4) is 11.5 Å². The van der Waals surface area contributed by atoms with Gasteiger partial charge in [0, 0.05) is 11.8 Å². The summed E-state index contributed by atoms with van der Waals surface area (Å²) >= 11 is 0. The third-order valence-corrected chi connectivity index (χ3v) is 6.07. The summed E-state index contributed by atoms with van der Waals surface area (Å²) in [6.07, 6.45) is 5.11. The molecule has 2 unspecified atom stereocenters. The van der Waals surface area contributed by atoms with Gasteiger partial charge in [0.2, 0.25) is 0 Å². The molecule has 32 heavy (non-hydrogen) atoms. The van der Waals surface area contributed by atoms with E-state index in [2.05, 4.69) is 51.2 Å². The van der Waals surface area contributed by atoms with Crippen molar-refractivity contribution in [3.63, 3.8) is 0 Å². The smallest absolute Gasteiger partial charge is 0.149 e. The summed E-state index contributed by atoms with van der Waals surface area (Å²) in [7, 11) is 0. The molecule has 0 aromatic heterocycles. The van der Waals surface area contributed by atoms with Crippen LogP contribution in [0.5, 0.6) is 11.5 Å². The Morgan fingerprint density at radius 1 is 1.16 bits per heavy atom. The molecule has 3 rings (SSSR count). The van der Waals surface area contributed by atoms with Gasteiger partial charge in [-0.25, -0.2) is 4.39 Å². The Hall–Kier alpha value is -2.59. The monoisotopic (exact) mass is 437 g/mol. The number of nitrogens with one attached hydrogen (secondary N) is 1. The lowest BCUT2D eigenvalue weighted by molar-refractivity contribution is 0.0730. The van der Waals surface area contributed by atoms with E-state index in [1.165, 1.54) is 11.1 Å². The Bertz CT molecular complexity index is 1070.